The van der Waals surface area contributed by atoms with Gasteiger partial charge in [-0.3, -0.25) is 4.72 Å². The van der Waals surface area contributed by atoms with Crippen molar-refractivity contribution in [2.75, 3.05) is 42.9 Å². The topological polar surface area (TPSA) is 70.7 Å². The van der Waals surface area contributed by atoms with Crippen molar-refractivity contribution in [1.29, 1.82) is 0 Å². The number of anilines is 2. The zero-order valence-electron chi connectivity index (χ0n) is 16.1. The molecule has 0 bridgehead atoms. The lowest BCUT2D eigenvalue weighted by Crippen LogP contribution is -2.43. The minimum atomic E-state index is -3.74. The summed E-state index contributed by atoms with van der Waals surface area (Å²) >= 11 is 0. The Kier molecular flexibility index (Phi) is 7.35. The second-order valence-electron chi connectivity index (χ2n) is 6.50. The Labute approximate surface area is 173 Å². The summed E-state index contributed by atoms with van der Waals surface area (Å²) in [5, 5.41) is 3.29. The highest BCUT2D eigenvalue weighted by atomic mass is 35.5. The third-order valence-corrected chi connectivity index (χ3v) is 5.91. The van der Waals surface area contributed by atoms with Crippen molar-refractivity contribution in [2.24, 2.45) is 0 Å². The monoisotopic (exact) mass is 423 g/mol. The quantitative estimate of drug-likeness (QED) is 0.745. The average Bonchev–Trinajstić information content (AvgIpc) is 2.68. The van der Waals surface area contributed by atoms with Gasteiger partial charge in [0.05, 0.1) is 23.4 Å². The molecule has 28 heavy (non-hydrogen) atoms. The molecule has 2 N–H and O–H groups in total. The highest BCUT2D eigenvalue weighted by molar-refractivity contribution is 7.92. The smallest absolute Gasteiger partial charge is 0.261 e. The number of halogens is 1. The molecule has 1 fully saturated rings. The van der Waals surface area contributed by atoms with E-state index >= 15 is 0 Å². The van der Waals surface area contributed by atoms with E-state index in [1.807, 2.05) is 19.1 Å². The van der Waals surface area contributed by atoms with Crippen LogP contribution < -0.4 is 19.7 Å². The first-order valence-corrected chi connectivity index (χ1v) is 10.3. The Morgan fingerprint density at radius 1 is 1.18 bits per heavy atom. The van der Waals surface area contributed by atoms with E-state index in [1.165, 1.54) is 0 Å². The van der Waals surface area contributed by atoms with Crippen LogP contribution in [-0.2, 0) is 10.0 Å². The lowest BCUT2D eigenvalue weighted by molar-refractivity contribution is 0.412. The number of nitrogens with one attached hydrogen (secondary N) is 2. The van der Waals surface area contributed by atoms with E-state index < -0.39 is 10.0 Å². The lowest BCUT2D eigenvalue weighted by Gasteiger charge is -2.30. The number of para-hydroxylation sites is 1. The summed E-state index contributed by atoms with van der Waals surface area (Å²) in [6.45, 7) is 9.07. The van der Waals surface area contributed by atoms with Gasteiger partial charge < -0.3 is 15.0 Å². The standard InChI is InChI=1S/C20H25N3O3S.ClH/c1-15(2)17-6-4-5-7-18(17)22-27(24,25)16-8-9-20(26-3)19(14-16)23-12-10-21-11-13-23;/h4-9,14,21-22H,1,10-13H2,2-3H3;1H. The predicted octanol–water partition coefficient (Wildman–Crippen LogP) is 3.36. The summed E-state index contributed by atoms with van der Waals surface area (Å²) in [6, 6.07) is 12.2. The molecule has 0 aromatic heterocycles. The number of hydrogen-bond acceptors (Lipinski definition) is 5. The molecule has 0 radical (unpaired) electrons. The largest absolute Gasteiger partial charge is 0.495 e. The number of allylic oxidation sites excluding steroid dienone is 1. The fourth-order valence-corrected chi connectivity index (χ4v) is 4.24. The highest BCUT2D eigenvalue weighted by Gasteiger charge is 2.21. The number of benzene rings is 2. The lowest BCUT2D eigenvalue weighted by atomic mass is 10.1. The molecule has 0 saturated carbocycles. The van der Waals surface area contributed by atoms with Gasteiger partial charge in [-0.25, -0.2) is 8.42 Å². The Hall–Kier alpha value is -2.22. The second kappa shape index (κ2) is 9.32. The minimum Gasteiger partial charge on any atom is -0.495 e. The van der Waals surface area contributed by atoms with Crippen LogP contribution in [0.4, 0.5) is 11.4 Å². The van der Waals surface area contributed by atoms with Crippen LogP contribution in [0.15, 0.2) is 53.9 Å². The number of piperazine rings is 1. The van der Waals surface area contributed by atoms with Crippen molar-refractivity contribution in [1.82, 2.24) is 5.32 Å². The molecule has 0 atom stereocenters. The summed E-state index contributed by atoms with van der Waals surface area (Å²) in [4.78, 5) is 2.34. The van der Waals surface area contributed by atoms with Crippen molar-refractivity contribution in [3.8, 4) is 5.75 Å². The fraction of sp³-hybridized carbons (Fsp3) is 0.300. The van der Waals surface area contributed by atoms with Crippen molar-refractivity contribution in [3.63, 3.8) is 0 Å². The van der Waals surface area contributed by atoms with Gasteiger partial charge in [0.25, 0.3) is 10.0 Å². The third kappa shape index (κ3) is 4.79. The first kappa shape index (κ1) is 22.1. The molecule has 2 aromatic rings. The summed E-state index contributed by atoms with van der Waals surface area (Å²) in [5.41, 5.74) is 2.88. The van der Waals surface area contributed by atoms with Crippen LogP contribution in [0.1, 0.15) is 12.5 Å². The molecule has 8 heteroatoms. The van der Waals surface area contributed by atoms with E-state index in [-0.39, 0.29) is 17.3 Å². The molecule has 1 aliphatic rings. The minimum absolute atomic E-state index is 0. The van der Waals surface area contributed by atoms with Crippen LogP contribution >= 0.6 is 12.4 Å². The summed E-state index contributed by atoms with van der Waals surface area (Å²) in [6.07, 6.45) is 0. The first-order chi connectivity index (χ1) is 12.9. The molecule has 2 aromatic carbocycles. The van der Waals surface area contributed by atoms with Crippen LogP contribution in [0, 0.1) is 0 Å². The van der Waals surface area contributed by atoms with E-state index in [1.54, 1.807) is 37.4 Å². The Bertz CT molecular complexity index is 941. The van der Waals surface area contributed by atoms with Crippen molar-refractivity contribution >= 4 is 39.4 Å². The van der Waals surface area contributed by atoms with Crippen molar-refractivity contribution in [3.05, 3.63) is 54.6 Å². The fourth-order valence-electron chi connectivity index (χ4n) is 3.14. The molecule has 0 unspecified atom stereocenters. The van der Waals surface area contributed by atoms with Crippen LogP contribution in [0.2, 0.25) is 0 Å². The van der Waals surface area contributed by atoms with Gasteiger partial charge in [0, 0.05) is 31.7 Å². The van der Waals surface area contributed by atoms with Gasteiger partial charge in [-0.2, -0.15) is 0 Å². The maximum atomic E-state index is 13.0. The number of hydrogen-bond donors (Lipinski definition) is 2. The van der Waals surface area contributed by atoms with Crippen LogP contribution in [0.3, 0.4) is 0 Å². The van der Waals surface area contributed by atoms with Crippen LogP contribution in [-0.4, -0.2) is 41.7 Å². The maximum Gasteiger partial charge on any atom is 0.261 e. The number of methoxy groups -OCH3 is 1. The number of ether oxygens (including phenoxy) is 1. The van der Waals surface area contributed by atoms with Gasteiger partial charge in [0.15, 0.2) is 0 Å². The number of nitrogens with zero attached hydrogens (tertiary/aromatic N) is 1. The van der Waals surface area contributed by atoms with Crippen LogP contribution in [0.5, 0.6) is 5.75 Å². The van der Waals surface area contributed by atoms with Crippen molar-refractivity contribution in [2.45, 2.75) is 11.8 Å². The van der Waals surface area contributed by atoms with E-state index in [9.17, 15) is 8.42 Å². The van der Waals surface area contributed by atoms with E-state index in [0.717, 1.165) is 43.0 Å². The van der Waals surface area contributed by atoms with E-state index in [2.05, 4.69) is 21.5 Å². The Morgan fingerprint density at radius 2 is 1.86 bits per heavy atom. The molecule has 6 nitrogen and oxygen atoms in total. The molecule has 1 saturated heterocycles. The van der Waals surface area contributed by atoms with Gasteiger partial charge in [0.2, 0.25) is 0 Å². The van der Waals surface area contributed by atoms with E-state index in [4.69, 9.17) is 4.74 Å². The summed E-state index contributed by atoms with van der Waals surface area (Å²) < 4.78 is 34.1. The van der Waals surface area contributed by atoms with Gasteiger partial charge in [-0.1, -0.05) is 24.8 Å². The van der Waals surface area contributed by atoms with Crippen molar-refractivity contribution < 1.29 is 13.2 Å². The second-order valence-corrected chi connectivity index (χ2v) is 8.18. The molecule has 3 rings (SSSR count). The Balaban J connectivity index is 0.00000280. The predicted molar refractivity (Wildman–Crippen MR) is 117 cm³/mol. The molecule has 1 heterocycles. The maximum absolute atomic E-state index is 13.0. The molecule has 152 valence electrons. The zero-order valence-corrected chi connectivity index (χ0v) is 17.7. The molecular formula is C20H26ClN3O3S. The summed E-state index contributed by atoms with van der Waals surface area (Å²) in [5.74, 6) is 0.665. The highest BCUT2D eigenvalue weighted by Crippen LogP contribution is 2.32. The zero-order chi connectivity index (χ0) is 19.4. The number of sulfonamides is 1. The van der Waals surface area contributed by atoms with Gasteiger partial charge in [0.1, 0.15) is 5.75 Å². The molecule has 0 spiro atoms. The van der Waals surface area contributed by atoms with E-state index in [0.29, 0.717) is 11.4 Å². The van der Waals surface area contributed by atoms with Gasteiger partial charge >= 0.3 is 0 Å². The average molecular weight is 424 g/mol. The molecular weight excluding hydrogens is 398 g/mol. The number of rotatable bonds is 6. The third-order valence-electron chi connectivity index (χ3n) is 4.55. The molecule has 0 aliphatic carbocycles. The van der Waals surface area contributed by atoms with Gasteiger partial charge in [-0.05, 0) is 36.8 Å². The van der Waals surface area contributed by atoms with Crippen LogP contribution in [0.25, 0.3) is 5.57 Å². The normalized spacial score (nSPS) is 14.1. The Morgan fingerprint density at radius 3 is 2.50 bits per heavy atom. The van der Waals surface area contributed by atoms with Gasteiger partial charge in [-0.15, -0.1) is 12.4 Å². The molecule has 0 amide bonds. The first-order valence-electron chi connectivity index (χ1n) is 8.84. The molecule has 1 aliphatic heterocycles. The SMILES string of the molecule is C=C(C)c1ccccc1NS(=O)(=O)c1ccc(OC)c(N2CCNCC2)c1.Cl. The summed E-state index contributed by atoms with van der Waals surface area (Å²) in [7, 11) is -2.15.